The molecule has 2 aromatic carbocycles. The Balaban J connectivity index is 1.76. The Morgan fingerprint density at radius 1 is 1.14 bits per heavy atom. The average molecular weight is 502 g/mol. The van der Waals surface area contributed by atoms with Gasteiger partial charge < -0.3 is 14.8 Å². The molecule has 11 heteroatoms. The van der Waals surface area contributed by atoms with Crippen molar-refractivity contribution in [2.45, 2.75) is 25.8 Å². The van der Waals surface area contributed by atoms with Crippen LogP contribution in [0.4, 0.5) is 5.69 Å². The minimum atomic E-state index is -0.657. The number of carbonyl (C=O) groups is 2. The first-order chi connectivity index (χ1) is 16.9. The van der Waals surface area contributed by atoms with Crippen molar-refractivity contribution < 1.29 is 29.2 Å². The van der Waals surface area contributed by atoms with Crippen LogP contribution in [0.3, 0.4) is 0 Å². The molecule has 2 amide bonds. The van der Waals surface area contributed by atoms with Crippen LogP contribution in [0.1, 0.15) is 29.3 Å². The quantitative estimate of drug-likeness (QED) is 0.107. The average Bonchev–Trinajstić information content (AvgIpc) is 3.28. The molecule has 0 bridgehead atoms. The second kappa shape index (κ2) is 12.9. The van der Waals surface area contributed by atoms with E-state index in [4.69, 9.17) is 9.47 Å². The number of thiophene rings is 1. The van der Waals surface area contributed by atoms with E-state index in [0.717, 1.165) is 15.6 Å². The topological polar surface area (TPSA) is 140 Å². The second-order valence-corrected chi connectivity index (χ2v) is 8.74. The van der Waals surface area contributed by atoms with E-state index < -0.39 is 28.7 Å². The Morgan fingerprint density at radius 2 is 1.89 bits per heavy atom. The molecule has 0 spiro atoms. The fourth-order valence-corrected chi connectivity index (χ4v) is 4.65. The number of hydroxylamine groups is 1. The monoisotopic (exact) mass is 501 g/mol. The zero-order chi connectivity index (χ0) is 25.2. The van der Waals surface area contributed by atoms with Gasteiger partial charge in [-0.25, -0.2) is 5.48 Å². The second-order valence-electron chi connectivity index (χ2n) is 7.83. The largest absolute Gasteiger partial charge is 0.356 e. The van der Waals surface area contributed by atoms with E-state index in [1.54, 1.807) is 16.8 Å². The van der Waals surface area contributed by atoms with Gasteiger partial charge in [0, 0.05) is 34.9 Å². The van der Waals surface area contributed by atoms with Gasteiger partial charge in [-0.1, -0.05) is 18.2 Å². The SMILES string of the molecule is CCOCOCC(CC(Cc1csc2ccccc12)C(=O)NO)NC(=O)c1ccc([N+](=O)[O-])cc1. The number of hydrogen-bond donors (Lipinski definition) is 3. The molecule has 10 nitrogen and oxygen atoms in total. The first kappa shape index (κ1) is 26.2. The third kappa shape index (κ3) is 7.30. The zero-order valence-corrected chi connectivity index (χ0v) is 20.0. The smallest absolute Gasteiger partial charge is 0.269 e. The lowest BCUT2D eigenvalue weighted by molar-refractivity contribution is -0.384. The molecule has 0 aliphatic carbocycles. The van der Waals surface area contributed by atoms with Crippen LogP contribution in [0.5, 0.6) is 0 Å². The van der Waals surface area contributed by atoms with Gasteiger partial charge >= 0.3 is 0 Å². The van der Waals surface area contributed by atoms with Gasteiger partial charge in [-0.05, 0) is 54.3 Å². The Kier molecular flexibility index (Phi) is 9.67. The van der Waals surface area contributed by atoms with Gasteiger partial charge in [-0.2, -0.15) is 0 Å². The number of nitrogens with zero attached hydrogens (tertiary/aromatic N) is 1. The fourth-order valence-electron chi connectivity index (χ4n) is 3.68. The van der Waals surface area contributed by atoms with Gasteiger partial charge in [0.1, 0.15) is 6.79 Å². The molecule has 1 aromatic heterocycles. The molecular weight excluding hydrogens is 474 g/mol. The van der Waals surface area contributed by atoms with Crippen LogP contribution in [-0.4, -0.2) is 48.0 Å². The van der Waals surface area contributed by atoms with E-state index in [0.29, 0.717) is 13.0 Å². The predicted molar refractivity (Wildman–Crippen MR) is 130 cm³/mol. The molecule has 0 fully saturated rings. The maximum atomic E-state index is 12.8. The summed E-state index contributed by atoms with van der Waals surface area (Å²) >= 11 is 1.57. The van der Waals surface area contributed by atoms with Crippen molar-refractivity contribution in [2.75, 3.05) is 20.0 Å². The third-order valence-electron chi connectivity index (χ3n) is 5.44. The molecule has 0 aliphatic rings. The highest BCUT2D eigenvalue weighted by Crippen LogP contribution is 2.29. The summed E-state index contributed by atoms with van der Waals surface area (Å²) in [5.41, 5.74) is 2.81. The molecule has 3 rings (SSSR count). The molecule has 0 saturated carbocycles. The number of non-ortho nitro benzene ring substituents is 1. The number of carbonyl (C=O) groups excluding carboxylic acids is 2. The number of nitro groups is 1. The Morgan fingerprint density at radius 3 is 2.57 bits per heavy atom. The van der Waals surface area contributed by atoms with Crippen LogP contribution in [0.15, 0.2) is 53.9 Å². The summed E-state index contributed by atoms with van der Waals surface area (Å²) in [5, 5.41) is 26.1. The molecule has 35 heavy (non-hydrogen) atoms. The highest BCUT2D eigenvalue weighted by atomic mass is 32.1. The highest BCUT2D eigenvalue weighted by Gasteiger charge is 2.26. The molecule has 0 radical (unpaired) electrons. The van der Waals surface area contributed by atoms with Crippen molar-refractivity contribution in [1.82, 2.24) is 10.8 Å². The van der Waals surface area contributed by atoms with E-state index in [1.165, 1.54) is 24.3 Å². The van der Waals surface area contributed by atoms with Crippen molar-refractivity contribution in [3.63, 3.8) is 0 Å². The molecule has 1 heterocycles. The van der Waals surface area contributed by atoms with Crippen LogP contribution in [0, 0.1) is 16.0 Å². The maximum Gasteiger partial charge on any atom is 0.269 e. The lowest BCUT2D eigenvalue weighted by Crippen LogP contribution is -2.42. The molecule has 186 valence electrons. The Labute approximate surface area is 206 Å². The number of nitrogens with one attached hydrogen (secondary N) is 2. The summed E-state index contributed by atoms with van der Waals surface area (Å²) in [5.74, 6) is -1.69. The van der Waals surface area contributed by atoms with Crippen LogP contribution in [0.2, 0.25) is 0 Å². The normalized spacial score (nSPS) is 12.7. The van der Waals surface area contributed by atoms with E-state index in [1.807, 2.05) is 36.6 Å². The van der Waals surface area contributed by atoms with Crippen LogP contribution >= 0.6 is 11.3 Å². The zero-order valence-electron chi connectivity index (χ0n) is 19.1. The first-order valence-electron chi connectivity index (χ1n) is 11.0. The fraction of sp³-hybridized carbons (Fsp3) is 0.333. The first-order valence-corrected chi connectivity index (χ1v) is 11.9. The number of fused-ring (bicyclic) bond motifs is 1. The molecule has 0 aliphatic heterocycles. The van der Waals surface area contributed by atoms with Crippen molar-refractivity contribution in [1.29, 1.82) is 0 Å². The summed E-state index contributed by atoms with van der Waals surface area (Å²) in [7, 11) is 0. The van der Waals surface area contributed by atoms with Gasteiger partial charge in [0.15, 0.2) is 0 Å². The van der Waals surface area contributed by atoms with Gasteiger partial charge in [0.2, 0.25) is 5.91 Å². The van der Waals surface area contributed by atoms with Crippen molar-refractivity contribution in [3.05, 3.63) is 75.2 Å². The van der Waals surface area contributed by atoms with Gasteiger partial charge in [0.25, 0.3) is 11.6 Å². The summed E-state index contributed by atoms with van der Waals surface area (Å²) in [6.07, 6.45) is 0.535. The number of amides is 2. The van der Waals surface area contributed by atoms with Crippen molar-refractivity contribution >= 4 is 38.9 Å². The lowest BCUT2D eigenvalue weighted by Gasteiger charge is -2.23. The molecule has 2 unspecified atom stereocenters. The minimum absolute atomic E-state index is 0.0203. The molecule has 2 atom stereocenters. The molecule has 0 saturated heterocycles. The van der Waals surface area contributed by atoms with E-state index in [9.17, 15) is 24.9 Å². The van der Waals surface area contributed by atoms with Gasteiger partial charge in [0.05, 0.1) is 17.6 Å². The number of benzene rings is 2. The number of hydrogen-bond acceptors (Lipinski definition) is 8. The highest BCUT2D eigenvalue weighted by molar-refractivity contribution is 7.17. The van der Waals surface area contributed by atoms with Gasteiger partial charge in [-0.15, -0.1) is 11.3 Å². The molecular formula is C24H27N3O7S. The molecule has 3 N–H and O–H groups in total. The van der Waals surface area contributed by atoms with Crippen LogP contribution < -0.4 is 10.8 Å². The lowest BCUT2D eigenvalue weighted by atomic mass is 9.91. The van der Waals surface area contributed by atoms with E-state index >= 15 is 0 Å². The van der Waals surface area contributed by atoms with E-state index in [-0.39, 0.29) is 31.1 Å². The van der Waals surface area contributed by atoms with Crippen molar-refractivity contribution in [3.8, 4) is 0 Å². The minimum Gasteiger partial charge on any atom is -0.356 e. The summed E-state index contributed by atoms with van der Waals surface area (Å²) in [4.78, 5) is 35.7. The number of nitro benzene ring substituents is 1. The maximum absolute atomic E-state index is 12.8. The number of ether oxygens (including phenoxy) is 2. The number of rotatable bonds is 13. The third-order valence-corrected chi connectivity index (χ3v) is 6.46. The summed E-state index contributed by atoms with van der Waals surface area (Å²) in [6.45, 7) is 2.37. The standard InChI is InChI=1S/C24H27N3O7S/c1-2-33-15-34-13-19(25-23(28)16-7-9-20(10-8-16)27(31)32)12-17(24(29)26-30)11-18-14-35-22-6-4-3-5-21(18)22/h3-10,14,17,19,30H,2,11-13,15H2,1H3,(H,25,28)(H,26,29). The summed E-state index contributed by atoms with van der Waals surface area (Å²) in [6, 6.07) is 12.5. The van der Waals surface area contributed by atoms with Crippen LogP contribution in [0.25, 0.3) is 10.1 Å². The Bertz CT molecular complexity index is 1150. The Hall–Kier alpha value is -3.38. The van der Waals surface area contributed by atoms with E-state index in [2.05, 4.69) is 5.32 Å². The predicted octanol–water partition coefficient (Wildman–Crippen LogP) is 3.67. The van der Waals surface area contributed by atoms with Gasteiger partial charge in [-0.3, -0.25) is 24.9 Å². The van der Waals surface area contributed by atoms with Crippen LogP contribution in [-0.2, 0) is 20.7 Å². The van der Waals surface area contributed by atoms with Crippen molar-refractivity contribution in [2.24, 2.45) is 5.92 Å². The summed E-state index contributed by atoms with van der Waals surface area (Å²) < 4.78 is 11.8. The molecule has 3 aromatic rings.